The predicted molar refractivity (Wildman–Crippen MR) is 102 cm³/mol. The van der Waals surface area contributed by atoms with Gasteiger partial charge in [-0.3, -0.25) is 4.79 Å². The normalized spacial score (nSPS) is 16.7. The molecule has 6 nitrogen and oxygen atoms in total. The highest BCUT2D eigenvalue weighted by atomic mass is 16.4. The molecular formula is C21H21N3O3. The first kappa shape index (κ1) is 17.3. The maximum Gasteiger partial charge on any atom is 0.335 e. The van der Waals surface area contributed by atoms with Crippen LogP contribution in [-0.2, 0) is 11.3 Å². The fourth-order valence-electron chi connectivity index (χ4n) is 3.85. The first-order chi connectivity index (χ1) is 13.1. The van der Waals surface area contributed by atoms with Crippen LogP contribution < -0.4 is 0 Å². The molecule has 0 aliphatic carbocycles. The van der Waals surface area contributed by atoms with E-state index in [-0.39, 0.29) is 11.8 Å². The van der Waals surface area contributed by atoms with Crippen LogP contribution in [-0.4, -0.2) is 44.5 Å². The number of amides is 1. The summed E-state index contributed by atoms with van der Waals surface area (Å²) in [5, 5.41) is 9.39. The van der Waals surface area contributed by atoms with Gasteiger partial charge in [0.05, 0.1) is 22.9 Å². The molecule has 138 valence electrons. The van der Waals surface area contributed by atoms with Crippen LogP contribution in [0.5, 0.6) is 0 Å². The molecule has 2 aromatic carbocycles. The quantitative estimate of drug-likeness (QED) is 0.756. The molecule has 1 fully saturated rings. The maximum absolute atomic E-state index is 12.6. The molecule has 1 saturated heterocycles. The van der Waals surface area contributed by atoms with Crippen LogP contribution in [0.3, 0.4) is 0 Å². The van der Waals surface area contributed by atoms with Crippen LogP contribution in [0.25, 0.3) is 11.0 Å². The second-order valence-corrected chi connectivity index (χ2v) is 6.89. The van der Waals surface area contributed by atoms with Crippen LogP contribution in [0.4, 0.5) is 0 Å². The largest absolute Gasteiger partial charge is 0.478 e. The molecule has 6 heteroatoms. The first-order valence-electron chi connectivity index (χ1n) is 9.13. The van der Waals surface area contributed by atoms with Crippen molar-refractivity contribution in [3.63, 3.8) is 0 Å². The number of imidazole rings is 1. The highest BCUT2D eigenvalue weighted by Gasteiger charge is 2.29. The molecule has 4 rings (SSSR count). The van der Waals surface area contributed by atoms with E-state index in [1.54, 1.807) is 18.5 Å². The van der Waals surface area contributed by atoms with Crippen molar-refractivity contribution in [2.45, 2.75) is 25.3 Å². The summed E-state index contributed by atoms with van der Waals surface area (Å²) in [4.78, 5) is 30.3. The van der Waals surface area contributed by atoms with E-state index in [0.29, 0.717) is 31.6 Å². The third kappa shape index (κ3) is 3.43. The van der Waals surface area contributed by atoms with Gasteiger partial charge in [0.25, 0.3) is 0 Å². The first-order valence-corrected chi connectivity index (χ1v) is 9.13. The van der Waals surface area contributed by atoms with E-state index in [4.69, 9.17) is 0 Å². The number of carbonyl (C=O) groups is 2. The molecule has 27 heavy (non-hydrogen) atoms. The Morgan fingerprint density at radius 2 is 1.89 bits per heavy atom. The van der Waals surface area contributed by atoms with E-state index >= 15 is 0 Å². The fourth-order valence-corrected chi connectivity index (χ4v) is 3.85. The van der Waals surface area contributed by atoms with E-state index in [1.807, 2.05) is 45.9 Å². The van der Waals surface area contributed by atoms with E-state index in [2.05, 4.69) is 4.98 Å². The third-order valence-electron chi connectivity index (χ3n) is 5.27. The third-order valence-corrected chi connectivity index (χ3v) is 5.27. The number of carbonyl (C=O) groups excluding carboxylic acids is 1. The van der Waals surface area contributed by atoms with Crippen molar-refractivity contribution in [1.82, 2.24) is 14.5 Å². The number of fused-ring (bicyclic) bond motifs is 1. The predicted octanol–water partition coefficient (Wildman–Crippen LogP) is 3.14. The number of nitrogens with zero attached hydrogens (tertiary/aromatic N) is 3. The second-order valence-electron chi connectivity index (χ2n) is 6.89. The van der Waals surface area contributed by atoms with Crippen LogP contribution in [0.2, 0.25) is 0 Å². The molecule has 0 saturated carbocycles. The number of hydrogen-bond acceptors (Lipinski definition) is 3. The molecule has 1 N–H and O–H groups in total. The van der Waals surface area contributed by atoms with Gasteiger partial charge in [-0.25, -0.2) is 9.78 Å². The highest BCUT2D eigenvalue weighted by Crippen LogP contribution is 2.30. The number of likely N-dealkylation sites (tertiary alicyclic amines) is 1. The summed E-state index contributed by atoms with van der Waals surface area (Å²) in [5.41, 5.74) is 3.11. The fraction of sp³-hybridized carbons (Fsp3) is 0.286. The van der Waals surface area contributed by atoms with Gasteiger partial charge in [-0.15, -0.1) is 0 Å². The molecule has 1 aliphatic heterocycles. The van der Waals surface area contributed by atoms with Crippen LogP contribution in [0.1, 0.15) is 34.7 Å². The van der Waals surface area contributed by atoms with E-state index in [0.717, 1.165) is 23.0 Å². The Bertz CT molecular complexity index is 995. The molecule has 0 spiro atoms. The van der Waals surface area contributed by atoms with Crippen molar-refractivity contribution in [2.24, 2.45) is 0 Å². The molecule has 3 aromatic rings. The molecule has 0 bridgehead atoms. The summed E-state index contributed by atoms with van der Waals surface area (Å²) in [6.45, 7) is 1.84. The molecule has 1 atom stereocenters. The summed E-state index contributed by atoms with van der Waals surface area (Å²) in [7, 11) is 0. The van der Waals surface area contributed by atoms with Crippen molar-refractivity contribution < 1.29 is 14.7 Å². The standard InChI is InChI=1S/C21H21N3O3/c25-20(10-12-24-14-22-18-7-3-4-8-19(18)24)23-11-9-15(13-23)16-5-1-2-6-17(16)21(26)27/h1-8,14-15H,9-13H2,(H,26,27)/t15-/m1/s1. The number of aromatic carboxylic acids is 1. The zero-order valence-electron chi connectivity index (χ0n) is 14.9. The van der Waals surface area contributed by atoms with Crippen molar-refractivity contribution in [2.75, 3.05) is 13.1 Å². The number of para-hydroxylation sites is 2. The lowest BCUT2D eigenvalue weighted by molar-refractivity contribution is -0.130. The molecule has 0 radical (unpaired) electrons. The van der Waals surface area contributed by atoms with Crippen LogP contribution in [0, 0.1) is 0 Å². The van der Waals surface area contributed by atoms with Crippen molar-refractivity contribution in [1.29, 1.82) is 0 Å². The van der Waals surface area contributed by atoms with Gasteiger partial charge in [0, 0.05) is 32.0 Å². The number of hydrogen-bond donors (Lipinski definition) is 1. The minimum atomic E-state index is -0.914. The maximum atomic E-state index is 12.6. The average Bonchev–Trinajstić information content (AvgIpc) is 3.33. The highest BCUT2D eigenvalue weighted by molar-refractivity contribution is 5.89. The minimum Gasteiger partial charge on any atom is -0.478 e. The SMILES string of the molecule is O=C(O)c1ccccc1[C@@H]1CCN(C(=O)CCn2cnc3ccccc32)C1. The van der Waals surface area contributed by atoms with Crippen molar-refractivity contribution in [3.8, 4) is 0 Å². The van der Waals surface area contributed by atoms with Gasteiger partial charge < -0.3 is 14.6 Å². The Balaban J connectivity index is 1.40. The van der Waals surface area contributed by atoms with Gasteiger partial charge in [-0.1, -0.05) is 30.3 Å². The Labute approximate surface area is 157 Å². The van der Waals surface area contributed by atoms with E-state index < -0.39 is 5.97 Å². The number of aromatic nitrogens is 2. The Morgan fingerprint density at radius 1 is 1.11 bits per heavy atom. The molecule has 1 amide bonds. The molecule has 1 aromatic heterocycles. The van der Waals surface area contributed by atoms with Crippen molar-refractivity contribution >= 4 is 22.9 Å². The summed E-state index contributed by atoms with van der Waals surface area (Å²) in [6, 6.07) is 15.0. The van der Waals surface area contributed by atoms with Gasteiger partial charge >= 0.3 is 5.97 Å². The van der Waals surface area contributed by atoms with Gasteiger partial charge in [-0.2, -0.15) is 0 Å². The van der Waals surface area contributed by atoms with Crippen molar-refractivity contribution in [3.05, 3.63) is 66.0 Å². The van der Waals surface area contributed by atoms with E-state index in [9.17, 15) is 14.7 Å². The topological polar surface area (TPSA) is 75.4 Å². The summed E-state index contributed by atoms with van der Waals surface area (Å²) < 4.78 is 2.00. The minimum absolute atomic E-state index is 0.0790. The van der Waals surface area contributed by atoms with E-state index in [1.165, 1.54) is 0 Å². The van der Waals surface area contributed by atoms with Crippen LogP contribution in [0.15, 0.2) is 54.9 Å². The van der Waals surface area contributed by atoms with Gasteiger partial charge in [0.1, 0.15) is 0 Å². The number of rotatable bonds is 5. The number of carboxylic acids is 1. The monoisotopic (exact) mass is 363 g/mol. The average molecular weight is 363 g/mol. The molecule has 1 aliphatic rings. The Hall–Kier alpha value is -3.15. The Kier molecular flexibility index (Phi) is 4.62. The molecular weight excluding hydrogens is 342 g/mol. The Morgan fingerprint density at radius 3 is 2.74 bits per heavy atom. The zero-order valence-corrected chi connectivity index (χ0v) is 14.9. The lowest BCUT2D eigenvalue weighted by Gasteiger charge is -2.18. The van der Waals surface area contributed by atoms with Gasteiger partial charge in [-0.05, 0) is 30.2 Å². The molecule has 0 unspecified atom stereocenters. The smallest absolute Gasteiger partial charge is 0.335 e. The summed E-state index contributed by atoms with van der Waals surface area (Å²) in [5.74, 6) is -0.735. The van der Waals surface area contributed by atoms with Gasteiger partial charge in [0.15, 0.2) is 0 Å². The lowest BCUT2D eigenvalue weighted by Crippen LogP contribution is -2.29. The lowest BCUT2D eigenvalue weighted by atomic mass is 9.93. The van der Waals surface area contributed by atoms with Crippen LogP contribution >= 0.6 is 0 Å². The van der Waals surface area contributed by atoms with Gasteiger partial charge in [0.2, 0.25) is 5.91 Å². The number of aryl methyl sites for hydroxylation is 1. The second kappa shape index (κ2) is 7.23. The summed E-state index contributed by atoms with van der Waals surface area (Å²) in [6.07, 6.45) is 2.98. The molecule has 2 heterocycles. The number of benzene rings is 2. The number of carboxylic acid groups (broad SMARTS) is 1. The summed E-state index contributed by atoms with van der Waals surface area (Å²) >= 11 is 0. The zero-order chi connectivity index (χ0) is 18.8.